The molecule has 1 aliphatic heterocycles. The van der Waals surface area contributed by atoms with Crippen molar-refractivity contribution in [1.29, 1.82) is 0 Å². The van der Waals surface area contributed by atoms with Gasteiger partial charge >= 0.3 is 0 Å². The zero-order valence-corrected chi connectivity index (χ0v) is 9.15. The highest BCUT2D eigenvalue weighted by molar-refractivity contribution is 5.60. The van der Waals surface area contributed by atoms with E-state index in [9.17, 15) is 9.50 Å². The molecule has 0 spiro atoms. The predicted octanol–water partition coefficient (Wildman–Crippen LogP) is 3.24. The molecule has 0 aromatic heterocycles. The Morgan fingerprint density at radius 3 is 2.65 bits per heavy atom. The molecule has 2 N–H and O–H groups in total. The molecule has 0 fully saturated rings. The molecule has 0 radical (unpaired) electrons. The zero-order chi connectivity index (χ0) is 11.8. The normalized spacial score (nSPS) is 17.6. The largest absolute Gasteiger partial charge is 0.508 e. The molecular formula is C14H12FNO. The second kappa shape index (κ2) is 3.77. The van der Waals surface area contributed by atoms with Crippen molar-refractivity contribution in [3.8, 4) is 5.75 Å². The van der Waals surface area contributed by atoms with Gasteiger partial charge in [0.25, 0.3) is 0 Å². The lowest BCUT2D eigenvalue weighted by molar-refractivity contribution is 0.475. The Labute approximate surface area is 98.7 Å². The van der Waals surface area contributed by atoms with E-state index in [4.69, 9.17) is 0 Å². The average molecular weight is 229 g/mol. The van der Waals surface area contributed by atoms with Gasteiger partial charge in [0, 0.05) is 5.69 Å². The molecule has 1 heterocycles. The SMILES string of the molecule is Oc1ccc2c(c1)CC(c1ccc(F)cc1)N2. The molecule has 0 aliphatic carbocycles. The number of phenolic OH excluding ortho intramolecular Hbond substituents is 1. The van der Waals surface area contributed by atoms with Crippen LogP contribution in [-0.4, -0.2) is 5.11 Å². The van der Waals surface area contributed by atoms with Gasteiger partial charge < -0.3 is 10.4 Å². The quantitative estimate of drug-likeness (QED) is 0.736. The van der Waals surface area contributed by atoms with Crippen molar-refractivity contribution in [2.45, 2.75) is 12.5 Å². The summed E-state index contributed by atoms with van der Waals surface area (Å²) in [5, 5.41) is 12.8. The van der Waals surface area contributed by atoms with E-state index in [1.54, 1.807) is 24.3 Å². The predicted molar refractivity (Wildman–Crippen MR) is 64.6 cm³/mol. The van der Waals surface area contributed by atoms with Crippen LogP contribution in [0, 0.1) is 5.82 Å². The number of halogens is 1. The van der Waals surface area contributed by atoms with Crippen LogP contribution in [-0.2, 0) is 6.42 Å². The number of rotatable bonds is 1. The summed E-state index contributed by atoms with van der Waals surface area (Å²) in [6.45, 7) is 0. The van der Waals surface area contributed by atoms with E-state index in [1.807, 2.05) is 6.07 Å². The van der Waals surface area contributed by atoms with Crippen LogP contribution >= 0.6 is 0 Å². The van der Waals surface area contributed by atoms with Gasteiger partial charge in [0.1, 0.15) is 11.6 Å². The van der Waals surface area contributed by atoms with Gasteiger partial charge in [-0.1, -0.05) is 12.1 Å². The van der Waals surface area contributed by atoms with E-state index in [2.05, 4.69) is 5.32 Å². The number of hydrogen-bond donors (Lipinski definition) is 2. The molecule has 3 heteroatoms. The van der Waals surface area contributed by atoms with Gasteiger partial charge in [-0.05, 0) is 47.9 Å². The van der Waals surface area contributed by atoms with E-state index >= 15 is 0 Å². The number of nitrogens with one attached hydrogen (secondary N) is 1. The molecule has 1 unspecified atom stereocenters. The van der Waals surface area contributed by atoms with E-state index in [0.29, 0.717) is 0 Å². The summed E-state index contributed by atoms with van der Waals surface area (Å²) in [4.78, 5) is 0. The Hall–Kier alpha value is -2.03. The first-order valence-corrected chi connectivity index (χ1v) is 5.56. The average Bonchev–Trinajstić information content (AvgIpc) is 2.72. The van der Waals surface area contributed by atoms with Crippen molar-refractivity contribution in [3.05, 3.63) is 59.4 Å². The minimum Gasteiger partial charge on any atom is -0.508 e. The van der Waals surface area contributed by atoms with Crippen molar-refractivity contribution in [2.24, 2.45) is 0 Å². The third-order valence-electron chi connectivity index (χ3n) is 3.11. The Morgan fingerprint density at radius 2 is 1.88 bits per heavy atom. The Bertz CT molecular complexity index is 551. The molecule has 2 aromatic rings. The summed E-state index contributed by atoms with van der Waals surface area (Å²) >= 11 is 0. The lowest BCUT2D eigenvalue weighted by Gasteiger charge is -2.11. The van der Waals surface area contributed by atoms with Crippen LogP contribution in [0.15, 0.2) is 42.5 Å². The van der Waals surface area contributed by atoms with Crippen molar-refractivity contribution < 1.29 is 9.50 Å². The molecular weight excluding hydrogens is 217 g/mol. The van der Waals surface area contributed by atoms with Gasteiger partial charge in [-0.3, -0.25) is 0 Å². The molecule has 2 aromatic carbocycles. The fraction of sp³-hybridized carbons (Fsp3) is 0.143. The summed E-state index contributed by atoms with van der Waals surface area (Å²) < 4.78 is 12.8. The summed E-state index contributed by atoms with van der Waals surface area (Å²) in [7, 11) is 0. The third kappa shape index (κ3) is 1.84. The Balaban J connectivity index is 1.88. The lowest BCUT2D eigenvalue weighted by atomic mass is 10.0. The maximum Gasteiger partial charge on any atom is 0.123 e. The first-order chi connectivity index (χ1) is 8.22. The van der Waals surface area contributed by atoms with Gasteiger partial charge in [0.2, 0.25) is 0 Å². The van der Waals surface area contributed by atoms with Crippen molar-refractivity contribution >= 4 is 5.69 Å². The van der Waals surface area contributed by atoms with Gasteiger partial charge in [0.15, 0.2) is 0 Å². The van der Waals surface area contributed by atoms with Crippen LogP contribution in [0.4, 0.5) is 10.1 Å². The molecule has 2 nitrogen and oxygen atoms in total. The standard InChI is InChI=1S/C14H12FNO/c15-11-3-1-9(2-4-11)14-8-10-7-12(17)5-6-13(10)16-14/h1-7,14,16-17H,8H2. The molecule has 1 atom stereocenters. The second-order valence-electron chi connectivity index (χ2n) is 4.29. The molecule has 0 bridgehead atoms. The molecule has 0 saturated heterocycles. The van der Waals surface area contributed by atoms with Crippen LogP contribution in [0.2, 0.25) is 0 Å². The van der Waals surface area contributed by atoms with Crippen LogP contribution in [0.25, 0.3) is 0 Å². The summed E-state index contributed by atoms with van der Waals surface area (Å²) in [5.41, 5.74) is 3.19. The smallest absolute Gasteiger partial charge is 0.123 e. The topological polar surface area (TPSA) is 32.3 Å². The van der Waals surface area contributed by atoms with Crippen molar-refractivity contribution in [3.63, 3.8) is 0 Å². The van der Waals surface area contributed by atoms with Gasteiger partial charge in [-0.15, -0.1) is 0 Å². The number of benzene rings is 2. The lowest BCUT2D eigenvalue weighted by Crippen LogP contribution is -2.05. The van der Waals surface area contributed by atoms with E-state index < -0.39 is 0 Å². The van der Waals surface area contributed by atoms with Gasteiger partial charge in [0.05, 0.1) is 6.04 Å². The molecule has 86 valence electrons. The summed E-state index contributed by atoms with van der Waals surface area (Å²) in [5.74, 6) is 0.0622. The van der Waals surface area contributed by atoms with Gasteiger partial charge in [-0.25, -0.2) is 4.39 Å². The Morgan fingerprint density at radius 1 is 1.12 bits per heavy atom. The van der Waals surface area contributed by atoms with E-state index in [0.717, 1.165) is 23.2 Å². The third-order valence-corrected chi connectivity index (χ3v) is 3.11. The highest BCUT2D eigenvalue weighted by Gasteiger charge is 2.21. The van der Waals surface area contributed by atoms with Gasteiger partial charge in [-0.2, -0.15) is 0 Å². The number of phenols is 1. The second-order valence-corrected chi connectivity index (χ2v) is 4.29. The molecule has 0 saturated carbocycles. The van der Waals surface area contributed by atoms with Crippen LogP contribution < -0.4 is 5.32 Å². The summed E-state index contributed by atoms with van der Waals surface area (Å²) in [6.07, 6.45) is 0.815. The fourth-order valence-electron chi connectivity index (χ4n) is 2.24. The van der Waals surface area contributed by atoms with Crippen LogP contribution in [0.5, 0.6) is 5.75 Å². The monoisotopic (exact) mass is 229 g/mol. The molecule has 0 amide bonds. The zero-order valence-electron chi connectivity index (χ0n) is 9.15. The number of fused-ring (bicyclic) bond motifs is 1. The van der Waals surface area contributed by atoms with Crippen molar-refractivity contribution in [1.82, 2.24) is 0 Å². The van der Waals surface area contributed by atoms with Crippen LogP contribution in [0.1, 0.15) is 17.2 Å². The minimum absolute atomic E-state index is 0.160. The van der Waals surface area contributed by atoms with Crippen LogP contribution in [0.3, 0.4) is 0 Å². The number of anilines is 1. The molecule has 17 heavy (non-hydrogen) atoms. The highest BCUT2D eigenvalue weighted by atomic mass is 19.1. The maximum absolute atomic E-state index is 12.8. The minimum atomic E-state index is -0.220. The fourth-order valence-corrected chi connectivity index (χ4v) is 2.24. The Kier molecular flexibility index (Phi) is 2.25. The number of hydrogen-bond acceptors (Lipinski definition) is 2. The first-order valence-electron chi connectivity index (χ1n) is 5.56. The summed E-state index contributed by atoms with van der Waals surface area (Å²) in [6, 6.07) is 12.0. The first kappa shape index (κ1) is 10.1. The number of aromatic hydroxyl groups is 1. The highest BCUT2D eigenvalue weighted by Crippen LogP contribution is 2.35. The molecule has 3 rings (SSSR count). The molecule has 1 aliphatic rings. The van der Waals surface area contributed by atoms with E-state index in [1.165, 1.54) is 12.1 Å². The maximum atomic E-state index is 12.8. The van der Waals surface area contributed by atoms with E-state index in [-0.39, 0.29) is 17.6 Å². The van der Waals surface area contributed by atoms with Crippen molar-refractivity contribution in [2.75, 3.05) is 5.32 Å².